The molecule has 10 nitrogen and oxygen atoms in total. The number of carboxylic acids is 2. The van der Waals surface area contributed by atoms with Crippen LogP contribution < -0.4 is 5.32 Å². The molecule has 134 valence electrons. The van der Waals surface area contributed by atoms with E-state index in [2.05, 4.69) is 25.6 Å². The van der Waals surface area contributed by atoms with Crippen molar-refractivity contribution in [3.05, 3.63) is 48.2 Å². The number of aromatic nitrogens is 5. The van der Waals surface area contributed by atoms with Gasteiger partial charge in [-0.3, -0.25) is 4.79 Å². The highest BCUT2D eigenvalue weighted by molar-refractivity contribution is 5.95. The first-order valence-electron chi connectivity index (χ1n) is 7.83. The van der Waals surface area contributed by atoms with Crippen molar-refractivity contribution >= 4 is 45.5 Å². The number of anilines is 2. The van der Waals surface area contributed by atoms with Crippen LogP contribution in [0.5, 0.6) is 0 Å². The minimum Gasteiger partial charge on any atom is -0.480 e. The van der Waals surface area contributed by atoms with Gasteiger partial charge in [-0.2, -0.15) is 0 Å². The molecule has 0 spiro atoms. The second-order valence-electron chi connectivity index (χ2n) is 5.68. The molecule has 27 heavy (non-hydrogen) atoms. The van der Waals surface area contributed by atoms with Gasteiger partial charge in [0.05, 0.1) is 16.6 Å². The molecule has 10 heteroatoms. The second kappa shape index (κ2) is 6.33. The molecule has 0 amide bonds. The van der Waals surface area contributed by atoms with Crippen molar-refractivity contribution in [1.82, 2.24) is 25.0 Å². The molecule has 0 aliphatic rings. The maximum Gasteiger partial charge on any atom is 0.358 e. The van der Waals surface area contributed by atoms with E-state index in [-0.39, 0.29) is 18.1 Å². The average Bonchev–Trinajstić information content (AvgIpc) is 3.02. The van der Waals surface area contributed by atoms with Gasteiger partial charge in [0.1, 0.15) is 12.1 Å². The fourth-order valence-electron chi connectivity index (χ4n) is 2.67. The summed E-state index contributed by atoms with van der Waals surface area (Å²) in [5.41, 5.74) is 2.36. The van der Waals surface area contributed by atoms with Crippen molar-refractivity contribution in [2.75, 3.05) is 5.32 Å². The van der Waals surface area contributed by atoms with Crippen molar-refractivity contribution in [2.45, 2.75) is 6.54 Å². The molecular weight excluding hydrogens is 352 g/mol. The van der Waals surface area contributed by atoms with Crippen molar-refractivity contribution < 1.29 is 19.8 Å². The van der Waals surface area contributed by atoms with Gasteiger partial charge in [-0.15, -0.1) is 5.10 Å². The zero-order chi connectivity index (χ0) is 19.0. The first kappa shape index (κ1) is 16.4. The molecule has 0 fully saturated rings. The number of aliphatic carboxylic acids is 1. The largest absolute Gasteiger partial charge is 0.480 e. The van der Waals surface area contributed by atoms with E-state index in [1.807, 2.05) is 0 Å². The molecule has 0 radical (unpaired) electrons. The number of aromatic carboxylic acids is 1. The van der Waals surface area contributed by atoms with Crippen LogP contribution in [-0.2, 0) is 11.3 Å². The SMILES string of the molecule is O=C(O)Cn1nnc2cc(Nc3nc4ccccc4nc3C(=O)O)ccc21. The Kier molecular flexibility index (Phi) is 3.84. The molecule has 0 saturated carbocycles. The monoisotopic (exact) mass is 364 g/mol. The Balaban J connectivity index is 1.74. The van der Waals surface area contributed by atoms with Crippen LogP contribution >= 0.6 is 0 Å². The number of nitrogens with one attached hydrogen (secondary N) is 1. The summed E-state index contributed by atoms with van der Waals surface area (Å²) in [4.78, 5) is 30.9. The predicted molar refractivity (Wildman–Crippen MR) is 94.9 cm³/mol. The minimum absolute atomic E-state index is 0.0958. The van der Waals surface area contributed by atoms with E-state index in [0.717, 1.165) is 0 Å². The van der Waals surface area contributed by atoms with Gasteiger partial charge < -0.3 is 15.5 Å². The first-order chi connectivity index (χ1) is 13.0. The third-order valence-corrected chi connectivity index (χ3v) is 3.83. The lowest BCUT2D eigenvalue weighted by molar-refractivity contribution is -0.137. The summed E-state index contributed by atoms with van der Waals surface area (Å²) < 4.78 is 1.26. The fraction of sp³-hybridized carbons (Fsp3) is 0.0588. The third kappa shape index (κ3) is 3.11. The van der Waals surface area contributed by atoms with E-state index in [4.69, 9.17) is 5.11 Å². The van der Waals surface area contributed by atoms with Crippen LogP contribution in [0.2, 0.25) is 0 Å². The Morgan fingerprint density at radius 2 is 1.74 bits per heavy atom. The van der Waals surface area contributed by atoms with E-state index in [0.29, 0.717) is 27.8 Å². The van der Waals surface area contributed by atoms with Crippen LogP contribution in [0.1, 0.15) is 10.5 Å². The molecular formula is C17H12N6O4. The molecule has 0 atom stereocenters. The smallest absolute Gasteiger partial charge is 0.358 e. The molecule has 0 saturated heterocycles. The quantitative estimate of drug-likeness (QED) is 0.483. The molecule has 2 aromatic heterocycles. The van der Waals surface area contributed by atoms with Crippen LogP contribution in [0.3, 0.4) is 0 Å². The summed E-state index contributed by atoms with van der Waals surface area (Å²) in [6.07, 6.45) is 0. The number of nitrogens with zero attached hydrogens (tertiary/aromatic N) is 5. The van der Waals surface area contributed by atoms with E-state index in [1.54, 1.807) is 42.5 Å². The van der Waals surface area contributed by atoms with Gasteiger partial charge in [-0.05, 0) is 30.3 Å². The lowest BCUT2D eigenvalue weighted by Crippen LogP contribution is -2.10. The number of fused-ring (bicyclic) bond motifs is 2. The molecule has 2 aromatic carbocycles. The van der Waals surface area contributed by atoms with Crippen LogP contribution in [0.25, 0.3) is 22.1 Å². The molecule has 4 rings (SSSR count). The van der Waals surface area contributed by atoms with Crippen molar-refractivity contribution in [3.63, 3.8) is 0 Å². The topological polar surface area (TPSA) is 143 Å². The Hall–Kier alpha value is -4.08. The predicted octanol–water partition coefficient (Wildman–Crippen LogP) is 1.90. The average molecular weight is 364 g/mol. The summed E-state index contributed by atoms with van der Waals surface area (Å²) in [6, 6.07) is 11.9. The summed E-state index contributed by atoms with van der Waals surface area (Å²) in [5, 5.41) is 29.0. The number of carboxylic acid groups (broad SMARTS) is 2. The van der Waals surface area contributed by atoms with E-state index < -0.39 is 11.9 Å². The lowest BCUT2D eigenvalue weighted by Gasteiger charge is -2.09. The maximum absolute atomic E-state index is 11.6. The Bertz CT molecular complexity index is 1200. The number of benzene rings is 2. The van der Waals surface area contributed by atoms with Gasteiger partial charge in [-0.1, -0.05) is 17.3 Å². The van der Waals surface area contributed by atoms with E-state index in [1.165, 1.54) is 4.68 Å². The van der Waals surface area contributed by atoms with E-state index in [9.17, 15) is 14.7 Å². The van der Waals surface area contributed by atoms with Gasteiger partial charge in [0, 0.05) is 5.69 Å². The fourth-order valence-corrected chi connectivity index (χ4v) is 2.67. The van der Waals surface area contributed by atoms with Crippen molar-refractivity contribution in [2.24, 2.45) is 0 Å². The summed E-state index contributed by atoms with van der Waals surface area (Å²) in [6.45, 7) is -0.303. The molecule has 0 bridgehead atoms. The number of hydrogen-bond donors (Lipinski definition) is 3. The summed E-state index contributed by atoms with van der Waals surface area (Å²) >= 11 is 0. The normalized spacial score (nSPS) is 11.0. The summed E-state index contributed by atoms with van der Waals surface area (Å²) in [5.74, 6) is -2.13. The Labute approximate surface area is 151 Å². The maximum atomic E-state index is 11.6. The highest BCUT2D eigenvalue weighted by Gasteiger charge is 2.16. The first-order valence-corrected chi connectivity index (χ1v) is 7.83. The molecule has 0 aliphatic carbocycles. The number of rotatable bonds is 5. The van der Waals surface area contributed by atoms with Crippen LogP contribution in [-0.4, -0.2) is 47.1 Å². The van der Waals surface area contributed by atoms with Gasteiger partial charge >= 0.3 is 11.9 Å². The highest BCUT2D eigenvalue weighted by Crippen LogP contribution is 2.23. The van der Waals surface area contributed by atoms with Crippen molar-refractivity contribution in [3.8, 4) is 0 Å². The van der Waals surface area contributed by atoms with Crippen LogP contribution in [0, 0.1) is 0 Å². The standard InChI is InChI=1S/C17H12N6O4/c24-14(25)8-23-13-6-5-9(7-12(13)21-22-23)18-16-15(17(26)27)19-10-3-1-2-4-11(10)20-16/h1-7H,8H2,(H,18,20)(H,24,25)(H,26,27). The van der Waals surface area contributed by atoms with Gasteiger partial charge in [-0.25, -0.2) is 19.4 Å². The molecule has 4 aromatic rings. The highest BCUT2D eigenvalue weighted by atomic mass is 16.4. The lowest BCUT2D eigenvalue weighted by atomic mass is 10.2. The zero-order valence-electron chi connectivity index (χ0n) is 13.7. The Morgan fingerprint density at radius 3 is 2.44 bits per heavy atom. The van der Waals surface area contributed by atoms with Gasteiger partial charge in [0.2, 0.25) is 0 Å². The molecule has 2 heterocycles. The number of carbonyl (C=O) groups is 2. The third-order valence-electron chi connectivity index (χ3n) is 3.83. The van der Waals surface area contributed by atoms with Gasteiger partial charge in [0.25, 0.3) is 0 Å². The molecule has 0 aliphatic heterocycles. The number of para-hydroxylation sites is 2. The molecule has 0 unspecified atom stereocenters. The van der Waals surface area contributed by atoms with Gasteiger partial charge in [0.15, 0.2) is 11.5 Å². The summed E-state index contributed by atoms with van der Waals surface area (Å²) in [7, 11) is 0. The Morgan fingerprint density at radius 1 is 1.00 bits per heavy atom. The zero-order valence-corrected chi connectivity index (χ0v) is 13.7. The van der Waals surface area contributed by atoms with Crippen LogP contribution in [0.15, 0.2) is 42.5 Å². The van der Waals surface area contributed by atoms with Crippen LogP contribution in [0.4, 0.5) is 11.5 Å². The minimum atomic E-state index is -1.20. The molecule has 3 N–H and O–H groups in total. The van der Waals surface area contributed by atoms with Crippen molar-refractivity contribution in [1.29, 1.82) is 0 Å². The van der Waals surface area contributed by atoms with E-state index >= 15 is 0 Å². The number of hydrogen-bond acceptors (Lipinski definition) is 7. The second-order valence-corrected chi connectivity index (χ2v) is 5.68.